The third-order valence-corrected chi connectivity index (χ3v) is 5.20. The molecule has 0 radical (unpaired) electrons. The average molecular weight is 437 g/mol. The van der Waals surface area contributed by atoms with Crippen molar-refractivity contribution in [2.75, 3.05) is 21.3 Å². The molecule has 0 aliphatic carbocycles. The molecule has 0 unspecified atom stereocenters. The van der Waals surface area contributed by atoms with Gasteiger partial charge >= 0.3 is 10.4 Å². The highest BCUT2D eigenvalue weighted by atomic mass is 32.3. The quantitative estimate of drug-likeness (QED) is 0.553. The van der Waals surface area contributed by atoms with Crippen LogP contribution in [0.3, 0.4) is 0 Å². The van der Waals surface area contributed by atoms with E-state index >= 15 is 0 Å². The van der Waals surface area contributed by atoms with E-state index in [0.29, 0.717) is 22.8 Å². The van der Waals surface area contributed by atoms with Crippen LogP contribution in [0.1, 0.15) is 5.56 Å². The topological polar surface area (TPSA) is 104 Å². The maximum atomic E-state index is 11.2. The Bertz CT molecular complexity index is 1140. The van der Waals surface area contributed by atoms with Crippen molar-refractivity contribution in [2.45, 2.75) is 6.92 Å². The largest absolute Gasteiger partial charge is 0.493 e. The number of ether oxygens (including phenoxy) is 3. The minimum absolute atomic E-state index is 0.131. The highest BCUT2D eigenvalue weighted by Gasteiger charge is 2.19. The molecule has 29 heavy (non-hydrogen) atoms. The summed E-state index contributed by atoms with van der Waals surface area (Å²) < 4.78 is 56.4. The molecule has 0 atom stereocenters. The summed E-state index contributed by atoms with van der Waals surface area (Å²) in [5.41, 5.74) is 3.77. The van der Waals surface area contributed by atoms with Crippen LogP contribution in [0.2, 0.25) is 0 Å². The maximum absolute atomic E-state index is 11.2. The van der Waals surface area contributed by atoms with E-state index in [1.165, 1.54) is 24.7 Å². The number of aryl methyl sites for hydroxylation is 1. The summed E-state index contributed by atoms with van der Waals surface area (Å²) in [6, 6.07) is 8.52. The molecule has 0 saturated heterocycles. The highest BCUT2D eigenvalue weighted by Crippen LogP contribution is 2.41. The van der Waals surface area contributed by atoms with Gasteiger partial charge in [-0.15, -0.1) is 0 Å². The van der Waals surface area contributed by atoms with Crippen LogP contribution in [-0.4, -0.2) is 38.7 Å². The van der Waals surface area contributed by atoms with Gasteiger partial charge in [-0.2, -0.15) is 12.8 Å². The molecule has 154 valence electrons. The Kier molecular flexibility index (Phi) is 5.96. The fourth-order valence-corrected chi connectivity index (χ4v) is 4.04. The van der Waals surface area contributed by atoms with Gasteiger partial charge in [-0.3, -0.25) is 4.55 Å². The lowest BCUT2D eigenvalue weighted by Gasteiger charge is -2.13. The lowest BCUT2D eigenvalue weighted by atomic mass is 9.99. The molecule has 0 bridgehead atoms. The van der Waals surface area contributed by atoms with Crippen LogP contribution in [0.5, 0.6) is 23.0 Å². The second-order valence-corrected chi connectivity index (χ2v) is 7.63. The number of benzene rings is 2. The third kappa shape index (κ3) is 4.44. The molecule has 0 saturated carbocycles. The van der Waals surface area contributed by atoms with Crippen LogP contribution in [0.15, 0.2) is 35.7 Å². The molecule has 10 heteroatoms. The van der Waals surface area contributed by atoms with Crippen LogP contribution in [0.25, 0.3) is 22.4 Å². The summed E-state index contributed by atoms with van der Waals surface area (Å²) in [4.78, 5) is 0. The highest BCUT2D eigenvalue weighted by molar-refractivity contribution is 7.81. The first-order chi connectivity index (χ1) is 13.8. The Morgan fingerprint density at radius 1 is 0.931 bits per heavy atom. The van der Waals surface area contributed by atoms with Gasteiger partial charge in [0.1, 0.15) is 0 Å². The minimum Gasteiger partial charge on any atom is -0.493 e. The Labute approximate surface area is 172 Å². The smallest absolute Gasteiger partial charge is 0.446 e. The van der Waals surface area contributed by atoms with Crippen molar-refractivity contribution in [3.8, 4) is 45.4 Å². The van der Waals surface area contributed by atoms with Crippen molar-refractivity contribution in [3.05, 3.63) is 41.3 Å². The SMILES string of the molecule is COc1ccc(-c2csnc2-c2cc(C)c(OC)c(OC)c2)cc1OS(=O)(=O)O. The van der Waals surface area contributed by atoms with Crippen molar-refractivity contribution in [1.82, 2.24) is 4.37 Å². The van der Waals surface area contributed by atoms with E-state index in [1.807, 2.05) is 24.4 Å². The summed E-state index contributed by atoms with van der Waals surface area (Å²) in [6.07, 6.45) is 0. The van der Waals surface area contributed by atoms with E-state index in [0.717, 1.165) is 16.7 Å². The predicted octanol–water partition coefficient (Wildman–Crippen LogP) is 3.99. The minimum atomic E-state index is -4.70. The second-order valence-electron chi connectivity index (χ2n) is 5.98. The molecule has 0 spiro atoms. The van der Waals surface area contributed by atoms with Crippen molar-refractivity contribution >= 4 is 21.9 Å². The summed E-state index contributed by atoms with van der Waals surface area (Å²) in [7, 11) is -0.195. The van der Waals surface area contributed by atoms with Crippen LogP contribution < -0.4 is 18.4 Å². The molecule has 3 aromatic rings. The molecular formula is C19H19NO7S2. The predicted molar refractivity (Wildman–Crippen MR) is 110 cm³/mol. The van der Waals surface area contributed by atoms with E-state index in [4.69, 9.17) is 18.8 Å². The van der Waals surface area contributed by atoms with Crippen LogP contribution in [-0.2, 0) is 10.4 Å². The molecule has 1 heterocycles. The van der Waals surface area contributed by atoms with Gasteiger partial charge in [-0.25, -0.2) is 0 Å². The summed E-state index contributed by atoms with van der Waals surface area (Å²) in [5, 5.41) is 1.83. The monoisotopic (exact) mass is 437 g/mol. The average Bonchev–Trinajstić information content (AvgIpc) is 3.15. The summed E-state index contributed by atoms with van der Waals surface area (Å²) in [5.74, 6) is 1.25. The van der Waals surface area contributed by atoms with E-state index < -0.39 is 10.4 Å². The Hall–Kier alpha value is -2.82. The summed E-state index contributed by atoms with van der Waals surface area (Å²) in [6.45, 7) is 1.91. The summed E-state index contributed by atoms with van der Waals surface area (Å²) >= 11 is 1.25. The Morgan fingerprint density at radius 3 is 2.24 bits per heavy atom. The van der Waals surface area contributed by atoms with E-state index in [9.17, 15) is 8.42 Å². The number of aromatic nitrogens is 1. The zero-order valence-electron chi connectivity index (χ0n) is 16.1. The molecule has 0 fully saturated rings. The van der Waals surface area contributed by atoms with Gasteiger partial charge in [0.25, 0.3) is 0 Å². The lowest BCUT2D eigenvalue weighted by Crippen LogP contribution is -2.07. The van der Waals surface area contributed by atoms with Crippen molar-refractivity contribution in [3.63, 3.8) is 0 Å². The van der Waals surface area contributed by atoms with Crippen molar-refractivity contribution in [1.29, 1.82) is 0 Å². The Morgan fingerprint density at radius 2 is 1.62 bits per heavy atom. The molecule has 1 aromatic heterocycles. The molecule has 2 aromatic carbocycles. The number of hydrogen-bond donors (Lipinski definition) is 1. The number of nitrogens with zero attached hydrogens (tertiary/aromatic N) is 1. The zero-order valence-corrected chi connectivity index (χ0v) is 17.8. The van der Waals surface area contributed by atoms with Gasteiger partial charge in [0.15, 0.2) is 23.0 Å². The first-order valence-corrected chi connectivity index (χ1v) is 10.5. The van der Waals surface area contributed by atoms with E-state index in [-0.39, 0.29) is 11.5 Å². The lowest BCUT2D eigenvalue weighted by molar-refractivity contribution is 0.353. The fraction of sp³-hybridized carbons (Fsp3) is 0.211. The van der Waals surface area contributed by atoms with Gasteiger partial charge in [-0.1, -0.05) is 6.07 Å². The van der Waals surface area contributed by atoms with Crippen LogP contribution in [0, 0.1) is 6.92 Å². The molecule has 3 rings (SSSR count). The zero-order chi connectivity index (χ0) is 21.2. The van der Waals surface area contributed by atoms with Gasteiger partial charge in [0.05, 0.1) is 27.0 Å². The van der Waals surface area contributed by atoms with E-state index in [2.05, 4.69) is 8.56 Å². The first-order valence-electron chi connectivity index (χ1n) is 8.30. The van der Waals surface area contributed by atoms with Gasteiger partial charge in [-0.05, 0) is 53.8 Å². The molecule has 0 aliphatic rings. The maximum Gasteiger partial charge on any atom is 0.446 e. The van der Waals surface area contributed by atoms with Crippen molar-refractivity contribution < 1.29 is 31.4 Å². The normalized spacial score (nSPS) is 11.2. The molecule has 8 nitrogen and oxygen atoms in total. The Balaban J connectivity index is 2.12. The van der Waals surface area contributed by atoms with Crippen molar-refractivity contribution in [2.24, 2.45) is 0 Å². The second kappa shape index (κ2) is 8.27. The fourth-order valence-electron chi connectivity index (χ4n) is 2.96. The van der Waals surface area contributed by atoms with Crippen LogP contribution >= 0.6 is 11.5 Å². The van der Waals surface area contributed by atoms with Gasteiger partial charge in [0, 0.05) is 16.5 Å². The standard InChI is InChI=1S/C19H19NO7S2/c1-11-7-13(9-17(25-3)19(11)26-4)18-14(10-28-20-18)12-5-6-15(24-2)16(8-12)27-29(21,22)23/h5-10H,1-4H3,(H,21,22,23). The molecule has 0 amide bonds. The first kappa shape index (κ1) is 20.9. The van der Waals surface area contributed by atoms with Crippen LogP contribution in [0.4, 0.5) is 0 Å². The van der Waals surface area contributed by atoms with Gasteiger partial charge < -0.3 is 18.4 Å². The molecule has 1 N–H and O–H groups in total. The van der Waals surface area contributed by atoms with Gasteiger partial charge in [0.2, 0.25) is 0 Å². The number of hydrogen-bond acceptors (Lipinski definition) is 8. The molecule has 0 aliphatic heterocycles. The number of rotatable bonds is 7. The third-order valence-electron chi connectivity index (χ3n) is 4.18. The van der Waals surface area contributed by atoms with E-state index in [1.54, 1.807) is 26.4 Å². The molecular weight excluding hydrogens is 418 g/mol. The number of methoxy groups -OCH3 is 3.